The molecule has 4 rings (SSSR count). The first-order valence-corrected chi connectivity index (χ1v) is 8.60. The van der Waals surface area contributed by atoms with Crippen LogP contribution in [0.4, 0.5) is 0 Å². The Labute approximate surface area is 141 Å². The molecule has 24 heavy (non-hydrogen) atoms. The fourth-order valence-electron chi connectivity index (χ4n) is 3.68. The molecule has 0 unspecified atom stereocenters. The molecule has 1 spiro atoms. The van der Waals surface area contributed by atoms with Gasteiger partial charge in [-0.25, -0.2) is 0 Å². The van der Waals surface area contributed by atoms with Crippen molar-refractivity contribution in [1.29, 1.82) is 0 Å². The molecule has 5 nitrogen and oxygen atoms in total. The van der Waals surface area contributed by atoms with Crippen LogP contribution < -0.4 is 0 Å². The third-order valence-electron chi connectivity index (χ3n) is 5.37. The quantitative estimate of drug-likeness (QED) is 0.850. The van der Waals surface area contributed by atoms with E-state index >= 15 is 0 Å². The lowest BCUT2D eigenvalue weighted by molar-refractivity contribution is -0.187. The van der Waals surface area contributed by atoms with E-state index in [0.29, 0.717) is 32.7 Å². The Hall–Kier alpha value is -1.85. The number of likely N-dealkylation sites (tertiary alicyclic amines) is 1. The first-order chi connectivity index (χ1) is 11.6. The number of furan rings is 1. The molecule has 0 aliphatic carbocycles. The Morgan fingerprint density at radius 1 is 1.17 bits per heavy atom. The molecule has 0 saturated carbocycles. The highest BCUT2D eigenvalue weighted by Crippen LogP contribution is 2.32. The lowest BCUT2D eigenvalue weighted by Gasteiger charge is -2.37. The Morgan fingerprint density at radius 3 is 2.58 bits per heavy atom. The third kappa shape index (κ3) is 2.62. The SMILES string of the molecule is Cc1ccc2c(CC(=O)N3CCC4(CC3)OCCO4)coc2c1C. The molecular weight excluding hydrogens is 306 g/mol. The molecule has 0 bridgehead atoms. The number of amides is 1. The molecular formula is C19H23NO4. The highest BCUT2D eigenvalue weighted by Gasteiger charge is 2.40. The lowest BCUT2D eigenvalue weighted by Crippen LogP contribution is -2.47. The van der Waals surface area contributed by atoms with Crippen molar-refractivity contribution in [3.8, 4) is 0 Å². The van der Waals surface area contributed by atoms with Gasteiger partial charge in [0, 0.05) is 36.9 Å². The van der Waals surface area contributed by atoms with Crippen molar-refractivity contribution < 1.29 is 18.7 Å². The normalized spacial score (nSPS) is 20.2. The van der Waals surface area contributed by atoms with Crippen molar-refractivity contribution in [1.82, 2.24) is 4.90 Å². The molecule has 0 radical (unpaired) electrons. The molecule has 0 N–H and O–H groups in total. The first-order valence-electron chi connectivity index (χ1n) is 8.60. The largest absolute Gasteiger partial charge is 0.464 e. The summed E-state index contributed by atoms with van der Waals surface area (Å²) in [6, 6.07) is 4.13. The van der Waals surface area contributed by atoms with Crippen molar-refractivity contribution >= 4 is 16.9 Å². The van der Waals surface area contributed by atoms with Gasteiger partial charge in [-0.15, -0.1) is 0 Å². The van der Waals surface area contributed by atoms with Gasteiger partial charge in [-0.1, -0.05) is 12.1 Å². The molecule has 2 aliphatic heterocycles. The van der Waals surface area contributed by atoms with Gasteiger partial charge in [0.05, 0.1) is 25.9 Å². The van der Waals surface area contributed by atoms with Crippen molar-refractivity contribution in [2.24, 2.45) is 0 Å². The number of piperidine rings is 1. The van der Waals surface area contributed by atoms with Gasteiger partial charge in [0.1, 0.15) is 5.58 Å². The Balaban J connectivity index is 1.46. The highest BCUT2D eigenvalue weighted by atomic mass is 16.7. The molecule has 1 amide bonds. The second-order valence-corrected chi connectivity index (χ2v) is 6.81. The smallest absolute Gasteiger partial charge is 0.227 e. The monoisotopic (exact) mass is 329 g/mol. The van der Waals surface area contributed by atoms with Crippen LogP contribution in [0.25, 0.3) is 11.0 Å². The summed E-state index contributed by atoms with van der Waals surface area (Å²) in [6.45, 7) is 6.82. The van der Waals surface area contributed by atoms with Gasteiger partial charge in [-0.2, -0.15) is 0 Å². The van der Waals surface area contributed by atoms with E-state index in [1.807, 2.05) is 4.90 Å². The van der Waals surface area contributed by atoms with Crippen LogP contribution in [0.1, 0.15) is 29.5 Å². The summed E-state index contributed by atoms with van der Waals surface area (Å²) in [5.74, 6) is -0.294. The second kappa shape index (κ2) is 5.90. The van der Waals surface area contributed by atoms with Crippen LogP contribution in [0, 0.1) is 13.8 Å². The number of rotatable bonds is 2. The zero-order chi connectivity index (χ0) is 16.7. The van der Waals surface area contributed by atoms with Gasteiger partial charge in [0.15, 0.2) is 5.79 Å². The molecule has 5 heteroatoms. The first kappa shape index (κ1) is 15.7. The number of carbonyl (C=O) groups excluding carboxylic acids is 1. The minimum absolute atomic E-state index is 0.142. The van der Waals surface area contributed by atoms with E-state index < -0.39 is 5.79 Å². The van der Waals surface area contributed by atoms with Crippen molar-refractivity contribution in [3.63, 3.8) is 0 Å². The summed E-state index contributed by atoms with van der Waals surface area (Å²) < 4.78 is 17.2. The zero-order valence-electron chi connectivity index (χ0n) is 14.3. The predicted molar refractivity (Wildman–Crippen MR) is 89.8 cm³/mol. The number of benzene rings is 1. The van der Waals surface area contributed by atoms with Crippen LogP contribution in [0.2, 0.25) is 0 Å². The summed E-state index contributed by atoms with van der Waals surface area (Å²) in [6.07, 6.45) is 3.61. The van der Waals surface area contributed by atoms with Gasteiger partial charge >= 0.3 is 0 Å². The standard InChI is InChI=1S/C19H23NO4/c1-13-3-4-16-15(12-22-18(16)14(13)2)11-17(21)20-7-5-19(6-8-20)23-9-10-24-19/h3-4,12H,5-11H2,1-2H3. The number of hydrogen-bond donors (Lipinski definition) is 0. The minimum Gasteiger partial charge on any atom is -0.464 e. The summed E-state index contributed by atoms with van der Waals surface area (Å²) in [5.41, 5.74) is 4.20. The average Bonchev–Trinajstić information content (AvgIpc) is 3.20. The van der Waals surface area contributed by atoms with Crippen LogP contribution in [0.3, 0.4) is 0 Å². The third-order valence-corrected chi connectivity index (χ3v) is 5.37. The Morgan fingerprint density at radius 2 is 1.88 bits per heavy atom. The van der Waals surface area contributed by atoms with Gasteiger partial charge in [-0.3, -0.25) is 4.79 Å². The van der Waals surface area contributed by atoms with E-state index in [-0.39, 0.29) is 5.91 Å². The van der Waals surface area contributed by atoms with Crippen LogP contribution in [-0.4, -0.2) is 42.9 Å². The van der Waals surface area contributed by atoms with E-state index in [1.165, 1.54) is 5.56 Å². The fourth-order valence-corrected chi connectivity index (χ4v) is 3.68. The maximum atomic E-state index is 12.7. The van der Waals surface area contributed by atoms with Gasteiger partial charge < -0.3 is 18.8 Å². The summed E-state index contributed by atoms with van der Waals surface area (Å²) in [7, 11) is 0. The number of ether oxygens (including phenoxy) is 2. The van der Waals surface area contributed by atoms with Crippen LogP contribution >= 0.6 is 0 Å². The van der Waals surface area contributed by atoms with Crippen molar-refractivity contribution in [2.75, 3.05) is 26.3 Å². The van der Waals surface area contributed by atoms with Crippen LogP contribution in [0.5, 0.6) is 0 Å². The maximum absolute atomic E-state index is 12.7. The zero-order valence-corrected chi connectivity index (χ0v) is 14.3. The van der Waals surface area contributed by atoms with Gasteiger partial charge in [0.2, 0.25) is 5.91 Å². The van der Waals surface area contributed by atoms with E-state index in [0.717, 1.165) is 34.9 Å². The number of carbonyl (C=O) groups is 1. The topological polar surface area (TPSA) is 51.9 Å². The molecule has 2 aromatic rings. The molecule has 2 saturated heterocycles. The predicted octanol–water partition coefficient (Wildman–Crippen LogP) is 2.96. The van der Waals surface area contributed by atoms with Crippen molar-refractivity contribution in [3.05, 3.63) is 35.1 Å². The van der Waals surface area contributed by atoms with Crippen LogP contribution in [-0.2, 0) is 20.7 Å². The summed E-state index contributed by atoms with van der Waals surface area (Å²) in [5, 5.41) is 1.04. The van der Waals surface area contributed by atoms with Gasteiger partial charge in [-0.05, 0) is 25.0 Å². The number of nitrogens with zero attached hydrogens (tertiary/aromatic N) is 1. The molecule has 0 atom stereocenters. The summed E-state index contributed by atoms with van der Waals surface area (Å²) >= 11 is 0. The molecule has 128 valence electrons. The van der Waals surface area contributed by atoms with E-state index in [4.69, 9.17) is 13.9 Å². The van der Waals surface area contributed by atoms with E-state index in [2.05, 4.69) is 26.0 Å². The maximum Gasteiger partial charge on any atom is 0.227 e. The number of aryl methyl sites for hydroxylation is 2. The van der Waals surface area contributed by atoms with E-state index in [9.17, 15) is 4.79 Å². The van der Waals surface area contributed by atoms with Crippen LogP contribution in [0.15, 0.2) is 22.8 Å². The Bertz CT molecular complexity index is 763. The summed E-state index contributed by atoms with van der Waals surface area (Å²) in [4.78, 5) is 14.6. The Kier molecular flexibility index (Phi) is 3.85. The lowest BCUT2D eigenvalue weighted by atomic mass is 10.0. The molecule has 2 aliphatic rings. The second-order valence-electron chi connectivity index (χ2n) is 6.81. The number of fused-ring (bicyclic) bond motifs is 1. The fraction of sp³-hybridized carbons (Fsp3) is 0.526. The van der Waals surface area contributed by atoms with Crippen molar-refractivity contribution in [2.45, 2.75) is 38.9 Å². The highest BCUT2D eigenvalue weighted by molar-refractivity contribution is 5.89. The van der Waals surface area contributed by atoms with E-state index in [1.54, 1.807) is 6.26 Å². The molecule has 3 heterocycles. The molecule has 1 aromatic carbocycles. The average molecular weight is 329 g/mol. The number of hydrogen-bond acceptors (Lipinski definition) is 4. The minimum atomic E-state index is -0.437. The van der Waals surface area contributed by atoms with Gasteiger partial charge in [0.25, 0.3) is 0 Å². The molecule has 1 aromatic heterocycles. The molecule has 2 fully saturated rings.